The van der Waals surface area contributed by atoms with Gasteiger partial charge < -0.3 is 10.0 Å². The van der Waals surface area contributed by atoms with Gasteiger partial charge in [-0.3, -0.25) is 4.79 Å². The summed E-state index contributed by atoms with van der Waals surface area (Å²) in [5.74, 6) is -1.05. The predicted molar refractivity (Wildman–Crippen MR) is 88.9 cm³/mol. The van der Waals surface area contributed by atoms with Crippen LogP contribution in [0, 0.1) is 0 Å². The molecule has 0 spiro atoms. The van der Waals surface area contributed by atoms with Crippen LogP contribution in [0.4, 0.5) is 0 Å². The first-order valence-corrected chi connectivity index (χ1v) is 8.31. The van der Waals surface area contributed by atoms with E-state index >= 15 is 0 Å². The largest absolute Gasteiger partial charge is 0.478 e. The third-order valence-electron chi connectivity index (χ3n) is 2.85. The van der Waals surface area contributed by atoms with E-state index in [1.165, 1.54) is 23.5 Å². The lowest BCUT2D eigenvalue weighted by molar-refractivity contribution is 0.0695. The summed E-state index contributed by atoms with van der Waals surface area (Å²) in [6.45, 7) is 0.415. The Balaban J connectivity index is 2.10. The molecule has 1 amide bonds. The molecular weight excluding hydrogens is 422 g/mol. The van der Waals surface area contributed by atoms with E-state index < -0.39 is 5.97 Å². The zero-order chi connectivity index (χ0) is 15.6. The van der Waals surface area contributed by atoms with Gasteiger partial charge in [0.15, 0.2) is 0 Å². The van der Waals surface area contributed by atoms with Crippen molar-refractivity contribution in [3.8, 4) is 0 Å². The molecule has 0 radical (unpaired) electrons. The van der Waals surface area contributed by atoms with E-state index in [1.807, 2.05) is 0 Å². The second kappa shape index (κ2) is 6.72. The molecule has 0 fully saturated rings. The van der Waals surface area contributed by atoms with Crippen LogP contribution in [0.2, 0.25) is 0 Å². The van der Waals surface area contributed by atoms with Crippen molar-refractivity contribution in [3.63, 3.8) is 0 Å². The molecule has 0 aliphatic rings. The zero-order valence-corrected chi connectivity index (χ0v) is 15.0. The molecule has 0 unspecified atom stereocenters. The topological polar surface area (TPSA) is 57.6 Å². The molecule has 1 heterocycles. The van der Waals surface area contributed by atoms with Crippen LogP contribution < -0.4 is 0 Å². The van der Waals surface area contributed by atoms with E-state index in [4.69, 9.17) is 5.11 Å². The van der Waals surface area contributed by atoms with Crippen molar-refractivity contribution in [1.82, 2.24) is 4.90 Å². The van der Waals surface area contributed by atoms with E-state index in [0.29, 0.717) is 12.1 Å². The molecule has 0 saturated heterocycles. The summed E-state index contributed by atoms with van der Waals surface area (Å²) in [5.41, 5.74) is 1.72. The van der Waals surface area contributed by atoms with Crippen molar-refractivity contribution in [2.75, 3.05) is 7.05 Å². The minimum atomic E-state index is -0.960. The third kappa shape index (κ3) is 3.93. The number of nitrogens with zero attached hydrogens (tertiary/aromatic N) is 1. The summed E-state index contributed by atoms with van der Waals surface area (Å²) in [7, 11) is 1.71. The molecule has 2 rings (SSSR count). The number of carbonyl (C=O) groups is 2. The molecular formula is C14H11Br2NO3S. The van der Waals surface area contributed by atoms with Crippen molar-refractivity contribution in [1.29, 1.82) is 0 Å². The maximum atomic E-state index is 12.3. The van der Waals surface area contributed by atoms with Crippen molar-refractivity contribution in [2.24, 2.45) is 0 Å². The number of carboxylic acid groups (broad SMARTS) is 1. The van der Waals surface area contributed by atoms with Crippen LogP contribution >= 0.6 is 43.2 Å². The molecule has 21 heavy (non-hydrogen) atoms. The van der Waals surface area contributed by atoms with E-state index in [2.05, 4.69) is 31.9 Å². The molecule has 0 aliphatic carbocycles. The van der Waals surface area contributed by atoms with Crippen LogP contribution in [0.25, 0.3) is 0 Å². The summed E-state index contributed by atoms with van der Waals surface area (Å²) < 4.78 is 1.67. The Morgan fingerprint density at radius 3 is 2.33 bits per heavy atom. The first kappa shape index (κ1) is 16.2. The number of rotatable bonds is 4. The number of aromatic carboxylic acids is 1. The van der Waals surface area contributed by atoms with Crippen molar-refractivity contribution in [2.45, 2.75) is 6.54 Å². The number of amides is 1. The van der Waals surface area contributed by atoms with Crippen LogP contribution in [0.1, 0.15) is 26.3 Å². The number of halogens is 2. The van der Waals surface area contributed by atoms with Gasteiger partial charge in [0.05, 0.1) is 18.7 Å². The zero-order valence-electron chi connectivity index (χ0n) is 11.0. The predicted octanol–water partition coefficient (Wildman–Crippen LogP) is 4.24. The molecule has 2 aromatic rings. The smallest absolute Gasteiger partial charge is 0.335 e. The number of hydrogen-bond donors (Lipinski definition) is 1. The third-order valence-corrected chi connectivity index (χ3v) is 5.19. The Hall–Kier alpha value is -1.18. The lowest BCUT2D eigenvalue weighted by Crippen LogP contribution is -2.26. The van der Waals surface area contributed by atoms with E-state index in [9.17, 15) is 9.59 Å². The summed E-state index contributed by atoms with van der Waals surface area (Å²) >= 11 is 8.17. The van der Waals surface area contributed by atoms with Gasteiger partial charge in [-0.25, -0.2) is 4.79 Å². The molecule has 1 N–H and O–H groups in total. The minimum absolute atomic E-state index is 0.0915. The van der Waals surface area contributed by atoms with Crippen molar-refractivity contribution >= 4 is 55.1 Å². The first-order valence-electron chi connectivity index (χ1n) is 5.91. The second-order valence-corrected chi connectivity index (χ2v) is 8.15. The van der Waals surface area contributed by atoms with E-state index in [0.717, 1.165) is 13.1 Å². The molecule has 7 heteroatoms. The fourth-order valence-electron chi connectivity index (χ4n) is 1.79. The van der Waals surface area contributed by atoms with Gasteiger partial charge in [0.2, 0.25) is 0 Å². The van der Waals surface area contributed by atoms with Crippen LogP contribution in [0.15, 0.2) is 37.9 Å². The summed E-state index contributed by atoms with van der Waals surface area (Å²) in [4.78, 5) is 24.7. The first-order chi connectivity index (χ1) is 9.88. The van der Waals surface area contributed by atoms with Gasteiger partial charge in [-0.05, 0) is 55.6 Å². The number of carbonyl (C=O) groups excluding carboxylic acids is 1. The van der Waals surface area contributed by atoms with E-state index in [1.54, 1.807) is 30.1 Å². The Labute approximate surface area is 142 Å². The second-order valence-electron chi connectivity index (χ2n) is 4.40. The molecule has 1 aromatic carbocycles. The molecule has 4 nitrogen and oxygen atoms in total. The molecule has 0 aliphatic heterocycles. The van der Waals surface area contributed by atoms with Crippen LogP contribution in [0.3, 0.4) is 0 Å². The van der Waals surface area contributed by atoms with E-state index in [-0.39, 0.29) is 11.5 Å². The van der Waals surface area contributed by atoms with Crippen LogP contribution in [-0.2, 0) is 6.54 Å². The standard InChI is InChI=1S/C14H11Br2NO3S/c1-17(13(18)10-6-11(15)21-12(10)16)7-8-2-4-9(5-3-8)14(19)20/h2-6H,7H2,1H3,(H,19,20). The molecule has 0 atom stereocenters. The van der Waals surface area contributed by atoms with Crippen LogP contribution in [-0.4, -0.2) is 28.9 Å². The SMILES string of the molecule is CN(Cc1ccc(C(=O)O)cc1)C(=O)c1cc(Br)sc1Br. The number of benzene rings is 1. The number of thiophene rings is 1. The highest BCUT2D eigenvalue weighted by Crippen LogP contribution is 2.32. The van der Waals surface area contributed by atoms with Crippen molar-refractivity contribution in [3.05, 3.63) is 54.6 Å². The van der Waals surface area contributed by atoms with Gasteiger partial charge in [0.1, 0.15) is 0 Å². The van der Waals surface area contributed by atoms with Gasteiger partial charge in [-0.15, -0.1) is 11.3 Å². The molecule has 1 aromatic heterocycles. The van der Waals surface area contributed by atoms with Gasteiger partial charge in [0.25, 0.3) is 5.91 Å². The molecule has 110 valence electrons. The fourth-order valence-corrected chi connectivity index (χ4v) is 4.57. The highest BCUT2D eigenvalue weighted by Gasteiger charge is 2.18. The fraction of sp³-hybridized carbons (Fsp3) is 0.143. The Kier molecular flexibility index (Phi) is 5.18. The van der Waals surface area contributed by atoms with Crippen LogP contribution in [0.5, 0.6) is 0 Å². The van der Waals surface area contributed by atoms with Gasteiger partial charge in [-0.2, -0.15) is 0 Å². The maximum absolute atomic E-state index is 12.3. The number of hydrogen-bond acceptors (Lipinski definition) is 3. The highest BCUT2D eigenvalue weighted by atomic mass is 79.9. The Morgan fingerprint density at radius 2 is 1.86 bits per heavy atom. The average molecular weight is 433 g/mol. The average Bonchev–Trinajstić information content (AvgIpc) is 2.77. The van der Waals surface area contributed by atoms with Gasteiger partial charge >= 0.3 is 5.97 Å². The monoisotopic (exact) mass is 431 g/mol. The summed E-state index contributed by atoms with van der Waals surface area (Å²) in [5, 5.41) is 8.85. The number of carboxylic acids is 1. The normalized spacial score (nSPS) is 10.4. The minimum Gasteiger partial charge on any atom is -0.478 e. The highest BCUT2D eigenvalue weighted by molar-refractivity contribution is 9.12. The Morgan fingerprint density at radius 1 is 1.24 bits per heavy atom. The Bertz CT molecular complexity index is 682. The lowest BCUT2D eigenvalue weighted by atomic mass is 10.1. The summed E-state index contributed by atoms with van der Waals surface area (Å²) in [6, 6.07) is 8.28. The molecule has 0 bridgehead atoms. The van der Waals surface area contributed by atoms with Crippen molar-refractivity contribution < 1.29 is 14.7 Å². The quantitative estimate of drug-likeness (QED) is 0.785. The maximum Gasteiger partial charge on any atom is 0.335 e. The lowest BCUT2D eigenvalue weighted by Gasteiger charge is -2.17. The van der Waals surface area contributed by atoms with Gasteiger partial charge in [-0.1, -0.05) is 12.1 Å². The van der Waals surface area contributed by atoms with Gasteiger partial charge in [0, 0.05) is 13.6 Å². The molecule has 0 saturated carbocycles. The summed E-state index contributed by atoms with van der Waals surface area (Å²) in [6.07, 6.45) is 0.